The van der Waals surface area contributed by atoms with Crippen molar-refractivity contribution in [2.75, 3.05) is 27.9 Å². The highest BCUT2D eigenvalue weighted by atomic mass is 19.1. The number of ether oxygens (including phenoxy) is 3. The van der Waals surface area contributed by atoms with Crippen LogP contribution >= 0.6 is 0 Å². The SMILES string of the molecule is COc1cc2c(cc1OC)C(C)N(Cc1ccc(OC)c3oc(-c4c(F)cccc4F)cc13)CC2. The average Bonchev–Trinajstić information content (AvgIpc) is 3.30. The minimum absolute atomic E-state index is 0.131. The highest BCUT2D eigenvalue weighted by molar-refractivity contribution is 5.90. The van der Waals surface area contributed by atoms with Crippen molar-refractivity contribution in [1.29, 1.82) is 0 Å². The second kappa shape index (κ2) is 9.23. The lowest BCUT2D eigenvalue weighted by Crippen LogP contribution is -2.33. The van der Waals surface area contributed by atoms with Crippen LogP contribution in [0.1, 0.15) is 29.7 Å². The van der Waals surface area contributed by atoms with Crippen molar-refractivity contribution in [3.8, 4) is 28.6 Å². The van der Waals surface area contributed by atoms with Gasteiger partial charge in [0.05, 0.1) is 26.9 Å². The number of benzene rings is 3. The number of furan rings is 1. The second-order valence-electron chi connectivity index (χ2n) is 8.68. The largest absolute Gasteiger partial charge is 0.493 e. The summed E-state index contributed by atoms with van der Waals surface area (Å²) in [4.78, 5) is 2.37. The zero-order chi connectivity index (χ0) is 24.7. The average molecular weight is 480 g/mol. The molecule has 0 saturated carbocycles. The van der Waals surface area contributed by atoms with E-state index < -0.39 is 11.6 Å². The zero-order valence-corrected chi connectivity index (χ0v) is 20.2. The molecule has 0 amide bonds. The highest BCUT2D eigenvalue weighted by Crippen LogP contribution is 2.41. The molecule has 2 heterocycles. The quantitative estimate of drug-likeness (QED) is 0.315. The molecule has 4 aromatic rings. The number of hydrogen-bond acceptors (Lipinski definition) is 5. The molecule has 182 valence electrons. The van der Waals surface area contributed by atoms with Crippen LogP contribution in [0.5, 0.6) is 17.2 Å². The van der Waals surface area contributed by atoms with E-state index in [0.717, 1.165) is 29.7 Å². The van der Waals surface area contributed by atoms with Gasteiger partial charge in [0.1, 0.15) is 17.4 Å². The Kier molecular flexibility index (Phi) is 6.11. The number of halogens is 2. The first kappa shape index (κ1) is 23.2. The van der Waals surface area contributed by atoms with Crippen molar-refractivity contribution in [3.05, 3.63) is 76.9 Å². The smallest absolute Gasteiger partial charge is 0.176 e. The summed E-state index contributed by atoms with van der Waals surface area (Å²) >= 11 is 0. The first-order valence-electron chi connectivity index (χ1n) is 11.5. The van der Waals surface area contributed by atoms with E-state index >= 15 is 0 Å². The molecule has 3 aromatic carbocycles. The number of rotatable bonds is 6. The molecule has 0 fully saturated rings. The van der Waals surface area contributed by atoms with Crippen molar-refractivity contribution in [2.45, 2.75) is 25.9 Å². The molecule has 5 rings (SSSR count). The fraction of sp³-hybridized carbons (Fsp3) is 0.286. The fourth-order valence-electron chi connectivity index (χ4n) is 4.94. The van der Waals surface area contributed by atoms with Crippen LogP contribution in [-0.4, -0.2) is 32.8 Å². The Morgan fingerprint density at radius 3 is 2.29 bits per heavy atom. The molecule has 5 nitrogen and oxygen atoms in total. The van der Waals surface area contributed by atoms with Crippen LogP contribution in [0.3, 0.4) is 0 Å². The van der Waals surface area contributed by atoms with Crippen molar-refractivity contribution in [1.82, 2.24) is 4.90 Å². The summed E-state index contributed by atoms with van der Waals surface area (Å²) in [6, 6.07) is 13.5. The molecule has 0 spiro atoms. The molecule has 1 aliphatic rings. The first-order chi connectivity index (χ1) is 16.9. The molecule has 1 aromatic heterocycles. The molecule has 1 aliphatic heterocycles. The molecule has 35 heavy (non-hydrogen) atoms. The zero-order valence-electron chi connectivity index (χ0n) is 20.2. The van der Waals surface area contributed by atoms with Gasteiger partial charge in [-0.25, -0.2) is 8.78 Å². The normalized spacial score (nSPS) is 15.8. The first-order valence-corrected chi connectivity index (χ1v) is 11.5. The van der Waals surface area contributed by atoms with Crippen molar-refractivity contribution >= 4 is 11.0 Å². The van der Waals surface area contributed by atoms with Crippen LogP contribution in [0.25, 0.3) is 22.3 Å². The maximum atomic E-state index is 14.5. The maximum Gasteiger partial charge on any atom is 0.176 e. The molecule has 0 radical (unpaired) electrons. The minimum Gasteiger partial charge on any atom is -0.493 e. The molecular formula is C28H27F2NO4. The second-order valence-corrected chi connectivity index (χ2v) is 8.68. The van der Waals surface area contributed by atoms with E-state index in [4.69, 9.17) is 18.6 Å². The summed E-state index contributed by atoms with van der Waals surface area (Å²) in [6.07, 6.45) is 0.871. The number of hydrogen-bond donors (Lipinski definition) is 0. The summed E-state index contributed by atoms with van der Waals surface area (Å²) in [5.41, 5.74) is 3.72. The van der Waals surface area contributed by atoms with Crippen molar-refractivity contribution in [3.63, 3.8) is 0 Å². The van der Waals surface area contributed by atoms with Gasteiger partial charge < -0.3 is 18.6 Å². The Balaban J connectivity index is 1.53. The van der Waals surface area contributed by atoms with E-state index in [1.54, 1.807) is 27.4 Å². The van der Waals surface area contributed by atoms with Gasteiger partial charge in [-0.05, 0) is 66.4 Å². The topological polar surface area (TPSA) is 44.1 Å². The predicted molar refractivity (Wildman–Crippen MR) is 130 cm³/mol. The number of nitrogens with zero attached hydrogens (tertiary/aromatic N) is 1. The van der Waals surface area contributed by atoms with Gasteiger partial charge in [0.25, 0.3) is 0 Å². The maximum absolute atomic E-state index is 14.5. The summed E-state index contributed by atoms with van der Waals surface area (Å²) in [5.74, 6) is 0.745. The lowest BCUT2D eigenvalue weighted by molar-refractivity contribution is 0.189. The van der Waals surface area contributed by atoms with Crippen LogP contribution < -0.4 is 14.2 Å². The Morgan fingerprint density at radius 1 is 0.914 bits per heavy atom. The van der Waals surface area contributed by atoms with Crippen molar-refractivity contribution < 1.29 is 27.4 Å². The van der Waals surface area contributed by atoms with Gasteiger partial charge in [-0.2, -0.15) is 0 Å². The lowest BCUT2D eigenvalue weighted by atomic mass is 9.92. The minimum atomic E-state index is -0.671. The van der Waals surface area contributed by atoms with E-state index in [1.807, 2.05) is 18.2 Å². The molecule has 0 bridgehead atoms. The summed E-state index contributed by atoms with van der Waals surface area (Å²) in [6.45, 7) is 3.65. The predicted octanol–water partition coefficient (Wildman–Crippen LogP) is 6.52. The van der Waals surface area contributed by atoms with Crippen LogP contribution in [-0.2, 0) is 13.0 Å². The summed E-state index contributed by atoms with van der Waals surface area (Å²) in [7, 11) is 4.83. The van der Waals surface area contributed by atoms with Crippen LogP contribution in [0.15, 0.2) is 52.9 Å². The van der Waals surface area contributed by atoms with Crippen LogP contribution in [0.2, 0.25) is 0 Å². The van der Waals surface area contributed by atoms with E-state index in [1.165, 1.54) is 29.3 Å². The van der Waals surface area contributed by atoms with E-state index in [9.17, 15) is 8.78 Å². The molecule has 0 saturated heterocycles. The van der Waals surface area contributed by atoms with Gasteiger partial charge in [0, 0.05) is 24.5 Å². The van der Waals surface area contributed by atoms with Crippen molar-refractivity contribution in [2.24, 2.45) is 0 Å². The molecule has 1 atom stereocenters. The van der Waals surface area contributed by atoms with Gasteiger partial charge in [-0.3, -0.25) is 4.90 Å². The monoisotopic (exact) mass is 479 g/mol. The van der Waals surface area contributed by atoms with E-state index in [0.29, 0.717) is 23.6 Å². The van der Waals surface area contributed by atoms with Gasteiger partial charge in [-0.1, -0.05) is 12.1 Å². The van der Waals surface area contributed by atoms with Gasteiger partial charge in [0.2, 0.25) is 0 Å². The van der Waals surface area contributed by atoms with Crippen LogP contribution in [0, 0.1) is 11.6 Å². The molecular weight excluding hydrogens is 452 g/mol. The molecule has 0 aliphatic carbocycles. The fourth-order valence-corrected chi connectivity index (χ4v) is 4.94. The number of fused-ring (bicyclic) bond motifs is 2. The Bertz CT molecular complexity index is 1380. The Labute approximate surface area is 202 Å². The standard InChI is InChI=1S/C28H27F2NO4/c1-16-19-13-25(34-4)24(33-3)12-17(19)10-11-31(16)15-18-8-9-23(32-2)28-20(18)14-26(35-28)27-21(29)6-5-7-22(27)30/h5-9,12-14,16H,10-11,15H2,1-4H3. The highest BCUT2D eigenvalue weighted by Gasteiger charge is 2.27. The lowest BCUT2D eigenvalue weighted by Gasteiger charge is -2.36. The number of methoxy groups -OCH3 is 3. The van der Waals surface area contributed by atoms with Gasteiger partial charge >= 0.3 is 0 Å². The summed E-state index contributed by atoms with van der Waals surface area (Å²) in [5, 5.41) is 0.771. The van der Waals surface area contributed by atoms with Crippen LogP contribution in [0.4, 0.5) is 8.78 Å². The van der Waals surface area contributed by atoms with Gasteiger partial charge in [-0.15, -0.1) is 0 Å². The Morgan fingerprint density at radius 2 is 1.60 bits per heavy atom. The van der Waals surface area contributed by atoms with E-state index in [-0.39, 0.29) is 17.4 Å². The molecule has 1 unspecified atom stereocenters. The third-order valence-electron chi connectivity index (χ3n) is 6.85. The summed E-state index contributed by atoms with van der Waals surface area (Å²) < 4.78 is 51.4. The molecule has 0 N–H and O–H groups in total. The van der Waals surface area contributed by atoms with Gasteiger partial charge in [0.15, 0.2) is 22.8 Å². The third-order valence-corrected chi connectivity index (χ3v) is 6.85. The third kappa shape index (κ3) is 4.00. The van der Waals surface area contributed by atoms with E-state index in [2.05, 4.69) is 17.9 Å². The molecule has 7 heteroatoms. The Hall–Kier alpha value is -3.58.